The van der Waals surface area contributed by atoms with Crippen molar-refractivity contribution in [1.29, 1.82) is 0 Å². The molecule has 9 heteroatoms. The Bertz CT molecular complexity index is 528. The summed E-state index contributed by atoms with van der Waals surface area (Å²) in [6.45, 7) is 6.24. The van der Waals surface area contributed by atoms with E-state index in [9.17, 15) is 26.3 Å². The van der Waals surface area contributed by atoms with Crippen molar-refractivity contribution in [3.8, 4) is 0 Å². The van der Waals surface area contributed by atoms with Gasteiger partial charge in [-0.15, -0.1) is 0 Å². The van der Waals surface area contributed by atoms with Gasteiger partial charge in [0.1, 0.15) is 0 Å². The summed E-state index contributed by atoms with van der Waals surface area (Å²) < 4.78 is 112. The number of hydrogen-bond acceptors (Lipinski definition) is 0. The van der Waals surface area contributed by atoms with Crippen molar-refractivity contribution < 1.29 is 35.1 Å². The molecule has 38 heavy (non-hydrogen) atoms. The van der Waals surface area contributed by atoms with Crippen molar-refractivity contribution >= 4 is 7.26 Å². The van der Waals surface area contributed by atoms with Crippen LogP contribution in [0.4, 0.5) is 35.1 Å². The summed E-state index contributed by atoms with van der Waals surface area (Å²) in [4.78, 5) is 0. The van der Waals surface area contributed by atoms with Crippen LogP contribution in [0, 0.1) is 0 Å². The van der Waals surface area contributed by atoms with E-state index in [-0.39, 0.29) is 0 Å². The number of alkyl halides is 8. The van der Waals surface area contributed by atoms with Crippen molar-refractivity contribution in [2.45, 2.75) is 161 Å². The van der Waals surface area contributed by atoms with Gasteiger partial charge in [-0.25, -0.2) is 0 Å². The third kappa shape index (κ3) is 13.5. The van der Waals surface area contributed by atoms with Crippen molar-refractivity contribution in [3.05, 3.63) is 0 Å². The molecule has 0 spiro atoms. The van der Waals surface area contributed by atoms with Crippen LogP contribution < -0.4 is 0 Å². The number of hydrogen-bond donors (Lipinski definition) is 0. The summed E-state index contributed by atoms with van der Waals surface area (Å²) in [5.74, 6) is -17.3. The Hall–Kier alpha value is -0.130. The van der Waals surface area contributed by atoms with Gasteiger partial charge in [0.05, 0.1) is 0 Å². The van der Waals surface area contributed by atoms with Gasteiger partial charge in [-0.1, -0.05) is 0 Å². The molecule has 0 unspecified atom stereocenters. The van der Waals surface area contributed by atoms with Crippen LogP contribution in [0.3, 0.4) is 0 Å². The summed E-state index contributed by atoms with van der Waals surface area (Å²) in [7, 11) is -3.17. The zero-order valence-corrected chi connectivity index (χ0v) is 25.2. The van der Waals surface area contributed by atoms with Crippen molar-refractivity contribution in [2.24, 2.45) is 0 Å². The maximum absolute atomic E-state index is 15.1. The third-order valence-corrected chi connectivity index (χ3v) is 13.4. The van der Waals surface area contributed by atoms with E-state index in [4.69, 9.17) is 0 Å². The first-order chi connectivity index (χ1) is 17.8. The van der Waals surface area contributed by atoms with E-state index in [1.54, 1.807) is 0 Å². The first kappa shape index (κ1) is 37.9. The average molecular weight is 587 g/mol. The molecule has 0 bridgehead atoms. The molecule has 0 radical (unpaired) electrons. The summed E-state index contributed by atoms with van der Waals surface area (Å²) in [6.07, 6.45) is 11.2. The molecular formula is C29H55F8P. The van der Waals surface area contributed by atoms with E-state index in [1.165, 1.54) is 0 Å². The van der Waals surface area contributed by atoms with Gasteiger partial charge < -0.3 is 0 Å². The molecule has 232 valence electrons. The predicted molar refractivity (Wildman–Crippen MR) is 149 cm³/mol. The Kier molecular flexibility index (Phi) is 19.8. The van der Waals surface area contributed by atoms with Gasteiger partial charge in [0, 0.05) is 0 Å². The second kappa shape index (κ2) is 19.9. The molecule has 0 aromatic rings. The molecule has 0 N–H and O–H groups in total. The van der Waals surface area contributed by atoms with E-state index in [2.05, 4.69) is 20.8 Å². The second-order valence-electron chi connectivity index (χ2n) is 11.4. The molecule has 0 saturated carbocycles. The SMILES string of the molecule is CCCCCCCC[PH](CCCCCCCC)(CCCCCCCC)CC(F)(F)C(F)(F)C(F)(F)C(F)F. The molecule has 0 amide bonds. The number of rotatable bonds is 26. The summed E-state index contributed by atoms with van der Waals surface area (Å²) >= 11 is 0. The molecule has 0 aliphatic heterocycles. The molecular weight excluding hydrogens is 531 g/mol. The summed E-state index contributed by atoms with van der Waals surface area (Å²) in [5.41, 5.74) is 0. The minimum absolute atomic E-state index is 0.370. The van der Waals surface area contributed by atoms with Crippen LogP contribution in [0.2, 0.25) is 0 Å². The number of unbranched alkanes of at least 4 members (excludes halogenated alkanes) is 15. The molecule has 0 saturated heterocycles. The molecule has 0 rings (SSSR count). The summed E-state index contributed by atoms with van der Waals surface area (Å²) in [5, 5.41) is 0. The Balaban J connectivity index is 5.79. The quantitative estimate of drug-likeness (QED) is 0.0537. The fourth-order valence-corrected chi connectivity index (χ4v) is 10.9. The number of halogens is 8. The zero-order valence-electron chi connectivity index (χ0n) is 24.2. The maximum atomic E-state index is 15.1. The van der Waals surface area contributed by atoms with Crippen LogP contribution in [-0.2, 0) is 0 Å². The Morgan fingerprint density at radius 1 is 0.474 bits per heavy atom. The Labute approximate surface area is 227 Å². The topological polar surface area (TPSA) is 0 Å². The van der Waals surface area contributed by atoms with Gasteiger partial charge in [0.2, 0.25) is 0 Å². The van der Waals surface area contributed by atoms with E-state index < -0.39 is 37.6 Å². The van der Waals surface area contributed by atoms with E-state index in [1.807, 2.05) is 0 Å². The second-order valence-corrected chi connectivity index (χ2v) is 16.3. The molecule has 0 aromatic carbocycles. The molecule has 0 aromatic heterocycles. The Morgan fingerprint density at radius 3 is 1.05 bits per heavy atom. The third-order valence-electron chi connectivity index (χ3n) is 7.93. The van der Waals surface area contributed by atoms with Crippen LogP contribution in [0.15, 0.2) is 0 Å². The van der Waals surface area contributed by atoms with Crippen LogP contribution in [-0.4, -0.2) is 48.8 Å². The monoisotopic (exact) mass is 586 g/mol. The van der Waals surface area contributed by atoms with Crippen LogP contribution >= 0.6 is 7.26 Å². The Morgan fingerprint density at radius 2 is 0.763 bits per heavy atom. The molecule has 0 nitrogen and oxygen atoms in total. The van der Waals surface area contributed by atoms with Crippen molar-refractivity contribution in [3.63, 3.8) is 0 Å². The molecule has 0 aliphatic carbocycles. The van der Waals surface area contributed by atoms with Crippen molar-refractivity contribution in [2.75, 3.05) is 24.6 Å². The van der Waals surface area contributed by atoms with Gasteiger partial charge in [0.25, 0.3) is 0 Å². The fraction of sp³-hybridized carbons (Fsp3) is 1.00. The van der Waals surface area contributed by atoms with Crippen LogP contribution in [0.25, 0.3) is 0 Å². The van der Waals surface area contributed by atoms with Gasteiger partial charge in [-0.05, 0) is 0 Å². The molecule has 0 aliphatic rings. The van der Waals surface area contributed by atoms with Gasteiger partial charge in [-0.2, -0.15) is 0 Å². The van der Waals surface area contributed by atoms with Crippen LogP contribution in [0.1, 0.15) is 136 Å². The van der Waals surface area contributed by atoms with Gasteiger partial charge in [-0.3, -0.25) is 0 Å². The van der Waals surface area contributed by atoms with Gasteiger partial charge in [0.15, 0.2) is 0 Å². The zero-order chi connectivity index (χ0) is 29.1. The first-order valence-electron chi connectivity index (χ1n) is 15.2. The molecule has 0 fully saturated rings. The summed E-state index contributed by atoms with van der Waals surface area (Å²) in [6, 6.07) is 0. The van der Waals surface area contributed by atoms with Gasteiger partial charge >= 0.3 is 228 Å². The van der Waals surface area contributed by atoms with E-state index >= 15 is 8.78 Å². The minimum atomic E-state index is -6.09. The van der Waals surface area contributed by atoms with Crippen molar-refractivity contribution in [1.82, 2.24) is 0 Å². The van der Waals surface area contributed by atoms with E-state index in [0.717, 1.165) is 96.3 Å². The predicted octanol–water partition coefficient (Wildman–Crippen LogP) is 12.0. The first-order valence-corrected chi connectivity index (χ1v) is 18.1. The normalized spacial score (nSPS) is 14.0. The molecule has 0 heterocycles. The molecule has 0 atom stereocenters. The fourth-order valence-electron chi connectivity index (χ4n) is 5.44. The average Bonchev–Trinajstić information content (AvgIpc) is 2.85. The van der Waals surface area contributed by atoms with Crippen LogP contribution in [0.5, 0.6) is 0 Å². The standard InChI is InChI=1S/C29H55F8P/c1-4-7-10-13-16-19-22-38(23-20-17-14-11-8-5-2,24-21-18-15-12-9-6-3)25-27(32,33)29(36,37)28(34,35)26(30)31/h26,38H,4-25H2,1-3H3. The van der Waals surface area contributed by atoms with E-state index in [0.29, 0.717) is 37.7 Å².